The molecular formula is C39H76ClN5O15S. The quantitative estimate of drug-likeness (QED) is 0.0397. The lowest BCUT2D eigenvalue weighted by molar-refractivity contribution is -0.122. The van der Waals surface area contributed by atoms with E-state index in [1.165, 1.54) is 0 Å². The number of urea groups is 1. The highest BCUT2D eigenvalue weighted by Gasteiger charge is 2.42. The van der Waals surface area contributed by atoms with Gasteiger partial charge >= 0.3 is 6.03 Å². The number of carbonyl (C=O) groups excluding carboxylic acids is 3. The Morgan fingerprint density at radius 1 is 0.508 bits per heavy atom. The van der Waals surface area contributed by atoms with E-state index in [1.54, 1.807) is 0 Å². The van der Waals surface area contributed by atoms with Crippen LogP contribution >= 0.6 is 24.2 Å². The number of unbranched alkanes of at least 4 members (excludes halogenated alkanes) is 1. The molecule has 2 heterocycles. The van der Waals surface area contributed by atoms with Crippen molar-refractivity contribution in [2.75, 3.05) is 184 Å². The van der Waals surface area contributed by atoms with Crippen molar-refractivity contribution in [3.8, 4) is 0 Å². The number of nitrogens with one attached hydrogen (secondary N) is 4. The Labute approximate surface area is 372 Å². The minimum atomic E-state index is -0.0679. The number of hydrogen-bond acceptors (Lipinski definition) is 17. The number of carbonyl (C=O) groups is 3. The molecule has 0 radical (unpaired) electrons. The third-order valence-electron chi connectivity index (χ3n) is 8.68. The van der Waals surface area contributed by atoms with Crippen molar-refractivity contribution in [1.29, 1.82) is 0 Å². The van der Waals surface area contributed by atoms with Gasteiger partial charge in [0.25, 0.3) is 0 Å². The Morgan fingerprint density at radius 3 is 1.28 bits per heavy atom. The Balaban J connectivity index is 0.0000186. The fourth-order valence-corrected chi connectivity index (χ4v) is 7.15. The number of nitrogens with two attached hydrogens (primary N) is 1. The fourth-order valence-electron chi connectivity index (χ4n) is 5.61. The van der Waals surface area contributed by atoms with E-state index in [1.807, 2.05) is 11.8 Å². The van der Waals surface area contributed by atoms with Gasteiger partial charge in [0.1, 0.15) is 0 Å². The standard InChI is InChI=1S/C39H75N5O15S.ClH/c40-6-7-41-37(46)5-9-48-11-13-50-15-17-52-19-21-54-23-25-56-27-29-58-31-32-59-30-28-57-26-24-55-22-20-53-18-16-51-14-12-49-10-8-42-36(45)4-2-1-3-35-38-34(33-60-35)43-39(47)44-38;/h34-35,38H,1-33,40H2,(H,41,46)(H,42,45)(H2,43,44,47);1H/t34-,35-,38-;/m0./s1. The van der Waals surface area contributed by atoms with Crippen LogP contribution in [-0.4, -0.2) is 219 Å². The third-order valence-corrected chi connectivity index (χ3v) is 10.2. The van der Waals surface area contributed by atoms with Crippen LogP contribution in [0.5, 0.6) is 0 Å². The maximum absolute atomic E-state index is 12.1. The van der Waals surface area contributed by atoms with Gasteiger partial charge < -0.3 is 83.8 Å². The van der Waals surface area contributed by atoms with Gasteiger partial charge in [-0.2, -0.15) is 11.8 Å². The first-order valence-electron chi connectivity index (χ1n) is 21.4. The van der Waals surface area contributed by atoms with Crippen molar-refractivity contribution in [2.45, 2.75) is 49.4 Å². The van der Waals surface area contributed by atoms with Gasteiger partial charge in [-0.05, 0) is 12.8 Å². The van der Waals surface area contributed by atoms with Crippen LogP contribution in [0.1, 0.15) is 32.1 Å². The lowest BCUT2D eigenvalue weighted by Gasteiger charge is -2.16. The van der Waals surface area contributed by atoms with E-state index in [0.29, 0.717) is 196 Å². The number of amides is 4. The van der Waals surface area contributed by atoms with E-state index in [0.717, 1.165) is 25.0 Å². The van der Waals surface area contributed by atoms with E-state index < -0.39 is 0 Å². The van der Waals surface area contributed by atoms with Gasteiger partial charge in [0.05, 0.1) is 171 Å². The molecule has 2 aliphatic rings. The van der Waals surface area contributed by atoms with Crippen LogP contribution in [0.2, 0.25) is 0 Å². The molecule has 0 spiro atoms. The van der Waals surface area contributed by atoms with Crippen LogP contribution in [0.25, 0.3) is 0 Å². The predicted octanol–water partition coefficient (Wildman–Crippen LogP) is -0.0856. The molecule has 2 saturated heterocycles. The molecule has 0 aliphatic carbocycles. The Bertz CT molecular complexity index is 1040. The highest BCUT2D eigenvalue weighted by molar-refractivity contribution is 8.00. The molecule has 2 aliphatic heterocycles. The van der Waals surface area contributed by atoms with Gasteiger partial charge in [-0.15, -0.1) is 12.4 Å². The minimum Gasteiger partial charge on any atom is -0.379 e. The molecule has 0 aromatic heterocycles. The monoisotopic (exact) mass is 921 g/mol. The summed E-state index contributed by atoms with van der Waals surface area (Å²) in [5.74, 6) is 0.928. The number of rotatable bonds is 46. The molecule has 0 aromatic rings. The van der Waals surface area contributed by atoms with Crippen molar-refractivity contribution in [2.24, 2.45) is 5.73 Å². The summed E-state index contributed by atoms with van der Waals surface area (Å²) in [6.45, 7) is 12.6. The van der Waals surface area contributed by atoms with Crippen molar-refractivity contribution >= 4 is 42.0 Å². The normalized spacial score (nSPS) is 16.9. The second-order valence-electron chi connectivity index (χ2n) is 13.5. The number of ether oxygens (including phenoxy) is 12. The van der Waals surface area contributed by atoms with Crippen molar-refractivity contribution in [1.82, 2.24) is 21.3 Å². The fraction of sp³-hybridized carbons (Fsp3) is 0.923. The first-order chi connectivity index (χ1) is 29.6. The molecule has 0 saturated carbocycles. The number of fused-ring (bicyclic) bond motifs is 1. The summed E-state index contributed by atoms with van der Waals surface area (Å²) in [5, 5.41) is 12.0. The van der Waals surface area contributed by atoms with E-state index in [9.17, 15) is 14.4 Å². The summed E-state index contributed by atoms with van der Waals surface area (Å²) in [4.78, 5) is 34.9. The minimum absolute atomic E-state index is 0. The molecule has 6 N–H and O–H groups in total. The summed E-state index contributed by atoms with van der Waals surface area (Å²) in [6, 6.07) is 0.396. The maximum atomic E-state index is 12.1. The van der Waals surface area contributed by atoms with Gasteiger partial charge in [0.2, 0.25) is 11.8 Å². The first kappa shape index (κ1) is 57.3. The van der Waals surface area contributed by atoms with Crippen LogP contribution in [-0.2, 0) is 66.4 Å². The zero-order chi connectivity index (χ0) is 42.8. The second kappa shape index (κ2) is 43.6. The summed E-state index contributed by atoms with van der Waals surface area (Å²) in [6.07, 6.45) is 3.63. The largest absolute Gasteiger partial charge is 0.379 e. The topological polar surface area (TPSA) is 236 Å². The number of hydrogen-bond donors (Lipinski definition) is 5. The zero-order valence-electron chi connectivity index (χ0n) is 36.1. The summed E-state index contributed by atoms with van der Waals surface area (Å²) in [5.41, 5.74) is 5.33. The Hall–Kier alpha value is -1.67. The van der Waals surface area contributed by atoms with Gasteiger partial charge in [-0.3, -0.25) is 9.59 Å². The van der Waals surface area contributed by atoms with E-state index in [4.69, 9.17) is 62.6 Å². The molecule has 2 fully saturated rings. The van der Waals surface area contributed by atoms with E-state index in [2.05, 4.69) is 21.3 Å². The molecule has 2 rings (SSSR count). The molecule has 22 heteroatoms. The van der Waals surface area contributed by atoms with Crippen LogP contribution in [0.15, 0.2) is 0 Å². The van der Waals surface area contributed by atoms with Gasteiger partial charge in [-0.1, -0.05) is 6.42 Å². The van der Waals surface area contributed by atoms with Crippen LogP contribution in [0.4, 0.5) is 4.79 Å². The average Bonchev–Trinajstić information content (AvgIpc) is 3.81. The average molecular weight is 923 g/mol. The van der Waals surface area contributed by atoms with Gasteiger partial charge in [-0.25, -0.2) is 4.79 Å². The molecule has 20 nitrogen and oxygen atoms in total. The molecule has 0 aromatic carbocycles. The Kier molecular flexibility index (Phi) is 41.0. The SMILES string of the molecule is Cl.NCCNC(=O)CCOCCOCCOCCOCCOCCOCCOCCOCCOCCOCCOCCOCCNC(=O)CCCC[C@@H]1SC[C@@H]2NC(=O)N[C@@H]21. The van der Waals surface area contributed by atoms with Crippen molar-refractivity contribution in [3.63, 3.8) is 0 Å². The molecular weight excluding hydrogens is 846 g/mol. The predicted molar refractivity (Wildman–Crippen MR) is 231 cm³/mol. The van der Waals surface area contributed by atoms with Crippen molar-refractivity contribution in [3.05, 3.63) is 0 Å². The molecule has 61 heavy (non-hydrogen) atoms. The van der Waals surface area contributed by atoms with Gasteiger partial charge in [0.15, 0.2) is 0 Å². The Morgan fingerprint density at radius 2 is 0.869 bits per heavy atom. The van der Waals surface area contributed by atoms with E-state index in [-0.39, 0.29) is 42.3 Å². The third kappa shape index (κ3) is 35.4. The molecule has 0 bridgehead atoms. The van der Waals surface area contributed by atoms with Crippen molar-refractivity contribution < 1.29 is 71.2 Å². The second-order valence-corrected chi connectivity index (χ2v) is 14.7. The smallest absolute Gasteiger partial charge is 0.315 e. The lowest BCUT2D eigenvalue weighted by atomic mass is 10.0. The molecule has 360 valence electrons. The lowest BCUT2D eigenvalue weighted by Crippen LogP contribution is -2.36. The number of thioether (sulfide) groups is 1. The van der Waals surface area contributed by atoms with Gasteiger partial charge in [0, 0.05) is 43.5 Å². The molecule has 4 amide bonds. The summed E-state index contributed by atoms with van der Waals surface area (Å²) < 4.78 is 65.7. The van der Waals surface area contributed by atoms with Crippen LogP contribution in [0, 0.1) is 0 Å². The highest BCUT2D eigenvalue weighted by atomic mass is 35.5. The van der Waals surface area contributed by atoms with E-state index >= 15 is 0 Å². The molecule has 0 unspecified atom stereocenters. The van der Waals surface area contributed by atoms with Crippen LogP contribution < -0.4 is 27.0 Å². The highest BCUT2D eigenvalue weighted by Crippen LogP contribution is 2.33. The zero-order valence-corrected chi connectivity index (χ0v) is 37.7. The first-order valence-corrected chi connectivity index (χ1v) is 22.5. The number of halogens is 1. The summed E-state index contributed by atoms with van der Waals surface area (Å²) >= 11 is 1.90. The summed E-state index contributed by atoms with van der Waals surface area (Å²) in [7, 11) is 0. The molecule has 3 atom stereocenters. The van der Waals surface area contributed by atoms with Crippen LogP contribution in [0.3, 0.4) is 0 Å². The maximum Gasteiger partial charge on any atom is 0.315 e.